The first-order chi connectivity index (χ1) is 10.0. The number of benzene rings is 1. The van der Waals surface area contributed by atoms with E-state index in [1.807, 2.05) is 44.2 Å². The summed E-state index contributed by atoms with van der Waals surface area (Å²) < 4.78 is 0. The van der Waals surface area contributed by atoms with Gasteiger partial charge >= 0.3 is 0 Å². The number of amides is 1. The molecule has 1 amide bonds. The number of anilines is 1. The molecule has 2 aliphatic heterocycles. The molecule has 1 aromatic carbocycles. The van der Waals surface area contributed by atoms with Gasteiger partial charge in [0.15, 0.2) is 0 Å². The van der Waals surface area contributed by atoms with Crippen molar-refractivity contribution in [3.05, 3.63) is 30.3 Å². The summed E-state index contributed by atoms with van der Waals surface area (Å²) in [6.45, 7) is 9.43. The molecular formula is C17H25N3O. The van der Waals surface area contributed by atoms with Crippen LogP contribution in [0.2, 0.25) is 0 Å². The van der Waals surface area contributed by atoms with Crippen molar-refractivity contribution < 1.29 is 4.79 Å². The Bertz CT molecular complexity index is 488. The molecule has 21 heavy (non-hydrogen) atoms. The van der Waals surface area contributed by atoms with E-state index in [-0.39, 0.29) is 11.3 Å². The molecule has 2 atom stereocenters. The molecule has 0 bridgehead atoms. The fraction of sp³-hybridized carbons (Fsp3) is 0.588. The van der Waals surface area contributed by atoms with E-state index in [0.29, 0.717) is 0 Å². The van der Waals surface area contributed by atoms with Gasteiger partial charge in [-0.2, -0.15) is 0 Å². The number of rotatable bonds is 4. The summed E-state index contributed by atoms with van der Waals surface area (Å²) >= 11 is 0. The Labute approximate surface area is 126 Å². The Kier molecular flexibility index (Phi) is 4.00. The summed E-state index contributed by atoms with van der Waals surface area (Å²) in [5.74, 6) is 1.65. The standard InChI is InChI=1S/C17H25N3O/c1-17(2,16(21)19-15-6-4-3-5-7-15)12-20-10-13-8-18-9-14(13)11-20/h3-7,13-14,18H,8-12H2,1-2H3,(H,19,21)/t13-,14+. The highest BCUT2D eigenvalue weighted by atomic mass is 16.2. The zero-order chi connectivity index (χ0) is 14.9. The molecular weight excluding hydrogens is 262 g/mol. The maximum absolute atomic E-state index is 12.5. The van der Waals surface area contributed by atoms with E-state index in [1.165, 1.54) is 0 Å². The third kappa shape index (κ3) is 3.27. The lowest BCUT2D eigenvalue weighted by atomic mass is 9.91. The largest absolute Gasteiger partial charge is 0.326 e. The SMILES string of the molecule is CC(C)(CN1C[C@H]2CNC[C@H]2C1)C(=O)Nc1ccccc1. The van der Waals surface area contributed by atoms with Crippen molar-refractivity contribution in [1.29, 1.82) is 0 Å². The van der Waals surface area contributed by atoms with E-state index >= 15 is 0 Å². The van der Waals surface area contributed by atoms with Crippen LogP contribution in [0.3, 0.4) is 0 Å². The average molecular weight is 287 g/mol. The van der Waals surface area contributed by atoms with Crippen LogP contribution in [0.5, 0.6) is 0 Å². The highest BCUT2D eigenvalue weighted by Crippen LogP contribution is 2.29. The molecule has 0 spiro atoms. The molecule has 4 heteroatoms. The van der Waals surface area contributed by atoms with Crippen LogP contribution >= 0.6 is 0 Å². The maximum Gasteiger partial charge on any atom is 0.231 e. The minimum atomic E-state index is -0.373. The van der Waals surface area contributed by atoms with Gasteiger partial charge in [-0.1, -0.05) is 18.2 Å². The molecule has 114 valence electrons. The van der Waals surface area contributed by atoms with Gasteiger partial charge in [0.1, 0.15) is 0 Å². The zero-order valence-corrected chi connectivity index (χ0v) is 12.9. The predicted octanol–water partition coefficient (Wildman–Crippen LogP) is 1.80. The van der Waals surface area contributed by atoms with Crippen LogP contribution < -0.4 is 10.6 Å². The molecule has 0 aliphatic carbocycles. The number of hydrogen-bond donors (Lipinski definition) is 2. The second kappa shape index (κ2) is 5.78. The topological polar surface area (TPSA) is 44.4 Å². The minimum Gasteiger partial charge on any atom is -0.326 e. The van der Waals surface area contributed by atoms with Crippen molar-refractivity contribution >= 4 is 11.6 Å². The Morgan fingerprint density at radius 3 is 2.48 bits per heavy atom. The van der Waals surface area contributed by atoms with Crippen LogP contribution in [-0.4, -0.2) is 43.5 Å². The average Bonchev–Trinajstić information content (AvgIpc) is 3.00. The normalized spacial score (nSPS) is 25.8. The van der Waals surface area contributed by atoms with Crippen molar-refractivity contribution in [2.45, 2.75) is 13.8 Å². The van der Waals surface area contributed by atoms with Crippen LogP contribution in [0.25, 0.3) is 0 Å². The van der Waals surface area contributed by atoms with Gasteiger partial charge in [-0.15, -0.1) is 0 Å². The lowest BCUT2D eigenvalue weighted by Crippen LogP contribution is -2.42. The molecule has 0 aromatic heterocycles. The van der Waals surface area contributed by atoms with E-state index < -0.39 is 0 Å². The van der Waals surface area contributed by atoms with Gasteiger partial charge in [0.2, 0.25) is 5.91 Å². The number of carbonyl (C=O) groups is 1. The fourth-order valence-electron chi connectivity index (χ4n) is 3.53. The monoisotopic (exact) mass is 287 g/mol. The molecule has 2 aliphatic rings. The number of likely N-dealkylation sites (tertiary alicyclic amines) is 1. The molecule has 2 N–H and O–H groups in total. The summed E-state index contributed by atoms with van der Waals surface area (Å²) in [5, 5.41) is 6.49. The highest BCUT2D eigenvalue weighted by Gasteiger charge is 2.39. The van der Waals surface area contributed by atoms with Crippen molar-refractivity contribution in [1.82, 2.24) is 10.2 Å². The van der Waals surface area contributed by atoms with Gasteiger partial charge < -0.3 is 15.5 Å². The molecule has 2 saturated heterocycles. The van der Waals surface area contributed by atoms with Crippen LogP contribution in [0, 0.1) is 17.3 Å². The lowest BCUT2D eigenvalue weighted by Gasteiger charge is -2.29. The number of hydrogen-bond acceptors (Lipinski definition) is 3. The first-order valence-electron chi connectivity index (χ1n) is 7.84. The molecule has 4 nitrogen and oxygen atoms in total. The molecule has 0 radical (unpaired) electrons. The van der Waals surface area contributed by atoms with E-state index in [9.17, 15) is 4.79 Å². The summed E-state index contributed by atoms with van der Waals surface area (Å²) in [7, 11) is 0. The fourth-order valence-corrected chi connectivity index (χ4v) is 3.53. The first kappa shape index (κ1) is 14.5. The van der Waals surface area contributed by atoms with Crippen LogP contribution in [0.1, 0.15) is 13.8 Å². The number of fused-ring (bicyclic) bond motifs is 1. The third-order valence-corrected chi connectivity index (χ3v) is 4.73. The summed E-state index contributed by atoms with van der Waals surface area (Å²) in [6, 6.07) is 9.70. The van der Waals surface area contributed by atoms with Crippen molar-refractivity contribution in [3.8, 4) is 0 Å². The maximum atomic E-state index is 12.5. The van der Waals surface area contributed by atoms with Crippen LogP contribution in [-0.2, 0) is 4.79 Å². The molecule has 0 saturated carbocycles. The van der Waals surface area contributed by atoms with Gasteiger partial charge in [-0.3, -0.25) is 4.79 Å². The van der Waals surface area contributed by atoms with Crippen molar-refractivity contribution in [3.63, 3.8) is 0 Å². The summed E-state index contributed by atoms with van der Waals surface area (Å²) in [6.07, 6.45) is 0. The van der Waals surface area contributed by atoms with Crippen LogP contribution in [0.15, 0.2) is 30.3 Å². The number of para-hydroxylation sites is 1. The summed E-state index contributed by atoms with van der Waals surface area (Å²) in [4.78, 5) is 15.0. The molecule has 2 heterocycles. The lowest BCUT2D eigenvalue weighted by molar-refractivity contribution is -0.124. The van der Waals surface area contributed by atoms with Gasteiger partial charge in [0.25, 0.3) is 0 Å². The van der Waals surface area contributed by atoms with Crippen molar-refractivity contribution in [2.24, 2.45) is 17.3 Å². The Balaban J connectivity index is 1.57. The molecule has 1 aromatic rings. The third-order valence-electron chi connectivity index (χ3n) is 4.73. The number of carbonyl (C=O) groups excluding carboxylic acids is 1. The summed E-state index contributed by atoms with van der Waals surface area (Å²) in [5.41, 5.74) is 0.500. The smallest absolute Gasteiger partial charge is 0.231 e. The predicted molar refractivity (Wildman–Crippen MR) is 85.1 cm³/mol. The van der Waals surface area contributed by atoms with E-state index in [2.05, 4.69) is 15.5 Å². The molecule has 0 unspecified atom stereocenters. The zero-order valence-electron chi connectivity index (χ0n) is 12.9. The van der Waals surface area contributed by atoms with E-state index in [4.69, 9.17) is 0 Å². The Morgan fingerprint density at radius 1 is 1.24 bits per heavy atom. The van der Waals surface area contributed by atoms with E-state index in [0.717, 1.165) is 50.2 Å². The second-order valence-corrected chi connectivity index (χ2v) is 7.08. The van der Waals surface area contributed by atoms with Crippen molar-refractivity contribution in [2.75, 3.05) is 38.0 Å². The molecule has 3 rings (SSSR count). The number of nitrogens with zero attached hydrogens (tertiary/aromatic N) is 1. The quantitative estimate of drug-likeness (QED) is 0.887. The minimum absolute atomic E-state index is 0.101. The highest BCUT2D eigenvalue weighted by molar-refractivity contribution is 5.94. The van der Waals surface area contributed by atoms with Gasteiger partial charge in [-0.25, -0.2) is 0 Å². The van der Waals surface area contributed by atoms with Gasteiger partial charge in [0, 0.05) is 25.3 Å². The number of nitrogens with one attached hydrogen (secondary N) is 2. The Hall–Kier alpha value is -1.39. The van der Waals surface area contributed by atoms with Gasteiger partial charge in [0.05, 0.1) is 5.41 Å². The first-order valence-corrected chi connectivity index (χ1v) is 7.84. The molecule has 2 fully saturated rings. The van der Waals surface area contributed by atoms with Crippen LogP contribution in [0.4, 0.5) is 5.69 Å². The van der Waals surface area contributed by atoms with Gasteiger partial charge in [-0.05, 0) is 50.9 Å². The second-order valence-electron chi connectivity index (χ2n) is 7.08. The van der Waals surface area contributed by atoms with E-state index in [1.54, 1.807) is 0 Å². The Morgan fingerprint density at radius 2 is 1.86 bits per heavy atom.